The van der Waals surface area contributed by atoms with Gasteiger partial charge in [-0.25, -0.2) is 13.2 Å². The van der Waals surface area contributed by atoms with Gasteiger partial charge in [0.25, 0.3) is 10.0 Å². The first kappa shape index (κ1) is 23.4. The molecule has 0 aliphatic carbocycles. The second-order valence-electron chi connectivity index (χ2n) is 7.99. The van der Waals surface area contributed by atoms with Crippen LogP contribution in [0.4, 0.5) is 5.69 Å². The molecule has 0 fully saturated rings. The van der Waals surface area contributed by atoms with Gasteiger partial charge in [0.05, 0.1) is 35.2 Å². The maximum atomic E-state index is 13.2. The molecule has 10 nitrogen and oxygen atoms in total. The first-order valence-electron chi connectivity index (χ1n) is 10.7. The smallest absolute Gasteiger partial charge is 0.328 e. The van der Waals surface area contributed by atoms with E-state index in [4.69, 9.17) is 9.47 Å². The fourth-order valence-electron chi connectivity index (χ4n) is 3.61. The predicted molar refractivity (Wildman–Crippen MR) is 129 cm³/mol. The van der Waals surface area contributed by atoms with Gasteiger partial charge in [0.15, 0.2) is 5.75 Å². The molecular formula is C23H27N5O5S. The van der Waals surface area contributed by atoms with E-state index in [2.05, 4.69) is 9.82 Å². The number of nitrogens with one attached hydrogen (secondary N) is 1. The monoisotopic (exact) mass is 485 g/mol. The van der Waals surface area contributed by atoms with Crippen LogP contribution in [0.1, 0.15) is 19.0 Å². The van der Waals surface area contributed by atoms with Crippen molar-refractivity contribution in [2.45, 2.75) is 25.2 Å². The zero-order valence-corrected chi connectivity index (χ0v) is 20.5. The molecule has 2 heterocycles. The van der Waals surface area contributed by atoms with Crippen molar-refractivity contribution < 1.29 is 17.9 Å². The maximum absolute atomic E-state index is 13.2. The molecule has 0 aliphatic heterocycles. The first-order chi connectivity index (χ1) is 16.1. The molecular weight excluding hydrogens is 458 g/mol. The fourth-order valence-corrected chi connectivity index (χ4v) is 4.87. The lowest BCUT2D eigenvalue weighted by atomic mass is 10.2. The summed E-state index contributed by atoms with van der Waals surface area (Å²) in [6.07, 6.45) is 2.16. The number of rotatable bonds is 8. The van der Waals surface area contributed by atoms with E-state index in [9.17, 15) is 13.2 Å². The van der Waals surface area contributed by atoms with Crippen molar-refractivity contribution in [3.63, 3.8) is 0 Å². The van der Waals surface area contributed by atoms with Crippen LogP contribution in [0, 0.1) is 6.92 Å². The molecule has 0 unspecified atom stereocenters. The summed E-state index contributed by atoms with van der Waals surface area (Å²) in [4.78, 5) is 12.5. The number of sulfonamides is 1. The Morgan fingerprint density at radius 2 is 1.71 bits per heavy atom. The summed E-state index contributed by atoms with van der Waals surface area (Å²) in [5.74, 6) is 1.35. The summed E-state index contributed by atoms with van der Waals surface area (Å²) >= 11 is 0. The van der Waals surface area contributed by atoms with E-state index in [1.54, 1.807) is 58.4 Å². The Balaban J connectivity index is 1.81. The van der Waals surface area contributed by atoms with E-state index < -0.39 is 10.0 Å². The van der Waals surface area contributed by atoms with Gasteiger partial charge in [-0.1, -0.05) is 13.0 Å². The summed E-state index contributed by atoms with van der Waals surface area (Å²) in [5.41, 5.74) is 1.60. The van der Waals surface area contributed by atoms with Crippen LogP contribution in [0.25, 0.3) is 11.0 Å². The average Bonchev–Trinajstić information content (AvgIpc) is 3.25. The largest absolute Gasteiger partial charge is 0.493 e. The van der Waals surface area contributed by atoms with Gasteiger partial charge in [-0.3, -0.25) is 18.5 Å². The van der Waals surface area contributed by atoms with Gasteiger partial charge in [0.2, 0.25) is 0 Å². The van der Waals surface area contributed by atoms with Gasteiger partial charge >= 0.3 is 5.69 Å². The van der Waals surface area contributed by atoms with E-state index in [1.807, 2.05) is 13.0 Å². The molecule has 2 aromatic heterocycles. The third-order valence-corrected chi connectivity index (χ3v) is 7.07. The van der Waals surface area contributed by atoms with Crippen molar-refractivity contribution in [1.29, 1.82) is 0 Å². The van der Waals surface area contributed by atoms with Crippen molar-refractivity contribution in [3.8, 4) is 17.2 Å². The SMILES string of the molecule is CCCOc1cccc(Oc2cc3c(cc2NS(=O)(=O)c2cnn(C)c2C)n(C)c(=O)n3C)c1. The zero-order valence-electron chi connectivity index (χ0n) is 19.7. The number of hydrogen-bond acceptors (Lipinski definition) is 6. The van der Waals surface area contributed by atoms with Crippen LogP contribution in [0.2, 0.25) is 0 Å². The van der Waals surface area contributed by atoms with E-state index in [1.165, 1.54) is 20.0 Å². The van der Waals surface area contributed by atoms with Crippen molar-refractivity contribution in [2.24, 2.45) is 21.1 Å². The Hall–Kier alpha value is -3.73. The van der Waals surface area contributed by atoms with Crippen LogP contribution in [0.3, 0.4) is 0 Å². The number of ether oxygens (including phenoxy) is 2. The number of aromatic nitrogens is 4. The molecule has 4 aromatic rings. The lowest BCUT2D eigenvalue weighted by molar-refractivity contribution is 0.316. The summed E-state index contributed by atoms with van der Waals surface area (Å²) < 4.78 is 45.2. The number of aryl methyl sites for hydroxylation is 3. The highest BCUT2D eigenvalue weighted by Gasteiger charge is 2.23. The number of nitrogens with zero attached hydrogens (tertiary/aromatic N) is 4. The molecule has 2 aromatic carbocycles. The van der Waals surface area contributed by atoms with Gasteiger partial charge in [0, 0.05) is 33.3 Å². The standard InChI is InChI=1S/C23H27N5O5S/c1-6-10-32-16-8-7-9-17(11-16)33-21-13-20-19(26(3)23(29)27(20)4)12-18(21)25-34(30,31)22-14-24-28(5)15(22)2/h7-9,11-14,25H,6,10H2,1-5H3. The highest BCUT2D eigenvalue weighted by atomic mass is 32.2. The molecule has 0 saturated carbocycles. The molecule has 34 heavy (non-hydrogen) atoms. The fraction of sp³-hybridized carbons (Fsp3) is 0.304. The van der Waals surface area contributed by atoms with Crippen LogP contribution >= 0.6 is 0 Å². The number of hydrogen-bond donors (Lipinski definition) is 1. The minimum atomic E-state index is -3.98. The van der Waals surface area contributed by atoms with Crippen molar-refractivity contribution in [2.75, 3.05) is 11.3 Å². The van der Waals surface area contributed by atoms with Gasteiger partial charge < -0.3 is 9.47 Å². The topological polar surface area (TPSA) is 109 Å². The molecule has 1 N–H and O–H groups in total. The van der Waals surface area contributed by atoms with Gasteiger partial charge in [-0.2, -0.15) is 5.10 Å². The summed E-state index contributed by atoms with van der Waals surface area (Å²) in [6, 6.07) is 10.3. The molecule has 0 aliphatic rings. The minimum Gasteiger partial charge on any atom is -0.493 e. The second kappa shape index (κ2) is 8.90. The Bertz CT molecular complexity index is 1530. The van der Waals surface area contributed by atoms with Gasteiger partial charge in [-0.05, 0) is 31.5 Å². The highest BCUT2D eigenvalue weighted by molar-refractivity contribution is 7.92. The predicted octanol–water partition coefficient (Wildman–Crippen LogP) is 3.30. The molecule has 0 radical (unpaired) electrons. The summed E-state index contributed by atoms with van der Waals surface area (Å²) in [5, 5.41) is 4.03. The molecule has 11 heteroatoms. The normalized spacial score (nSPS) is 11.7. The number of fused-ring (bicyclic) bond motifs is 1. The van der Waals surface area contributed by atoms with E-state index >= 15 is 0 Å². The molecule has 180 valence electrons. The molecule has 0 atom stereocenters. The van der Waals surface area contributed by atoms with Crippen LogP contribution in [-0.2, 0) is 31.2 Å². The minimum absolute atomic E-state index is 0.0537. The average molecular weight is 486 g/mol. The summed E-state index contributed by atoms with van der Waals surface area (Å²) in [6.45, 7) is 4.25. The van der Waals surface area contributed by atoms with Crippen LogP contribution in [0.15, 0.2) is 52.3 Å². The third-order valence-electron chi connectivity index (χ3n) is 5.60. The van der Waals surface area contributed by atoms with E-state index in [0.29, 0.717) is 34.8 Å². The van der Waals surface area contributed by atoms with Gasteiger partial charge in [-0.15, -0.1) is 0 Å². The first-order valence-corrected chi connectivity index (χ1v) is 12.2. The summed E-state index contributed by atoms with van der Waals surface area (Å²) in [7, 11) is 0.971. The lowest BCUT2D eigenvalue weighted by Crippen LogP contribution is -2.19. The van der Waals surface area contributed by atoms with Crippen LogP contribution < -0.4 is 19.9 Å². The number of anilines is 1. The molecule has 0 saturated heterocycles. The van der Waals surface area contributed by atoms with Crippen LogP contribution in [0.5, 0.6) is 17.2 Å². The molecule has 0 bridgehead atoms. The Morgan fingerprint density at radius 1 is 1.03 bits per heavy atom. The second-order valence-corrected chi connectivity index (χ2v) is 9.64. The Morgan fingerprint density at radius 3 is 2.35 bits per heavy atom. The number of benzene rings is 2. The van der Waals surface area contributed by atoms with E-state index in [0.717, 1.165) is 6.42 Å². The maximum Gasteiger partial charge on any atom is 0.328 e. The third kappa shape index (κ3) is 4.26. The van der Waals surface area contributed by atoms with Gasteiger partial charge in [0.1, 0.15) is 16.4 Å². The molecule has 4 rings (SSSR count). The highest BCUT2D eigenvalue weighted by Crippen LogP contribution is 2.36. The molecule has 0 amide bonds. The van der Waals surface area contributed by atoms with Crippen molar-refractivity contribution in [1.82, 2.24) is 18.9 Å². The van der Waals surface area contributed by atoms with Crippen LogP contribution in [-0.4, -0.2) is 33.9 Å². The van der Waals surface area contributed by atoms with Crippen molar-refractivity contribution in [3.05, 3.63) is 58.8 Å². The molecule has 0 spiro atoms. The number of imidazole rings is 1. The lowest BCUT2D eigenvalue weighted by Gasteiger charge is -2.15. The zero-order chi connectivity index (χ0) is 24.6. The Kier molecular flexibility index (Phi) is 6.13. The quantitative estimate of drug-likeness (QED) is 0.410. The van der Waals surface area contributed by atoms with E-state index in [-0.39, 0.29) is 22.0 Å². The Labute approximate surface area is 197 Å². The van der Waals surface area contributed by atoms with Crippen molar-refractivity contribution >= 4 is 26.7 Å².